The van der Waals surface area contributed by atoms with Crippen LogP contribution in [0.15, 0.2) is 60.5 Å². The summed E-state index contributed by atoms with van der Waals surface area (Å²) in [5, 5.41) is 20.8. The van der Waals surface area contributed by atoms with Crippen molar-refractivity contribution < 1.29 is 28.2 Å². The van der Waals surface area contributed by atoms with Gasteiger partial charge in [0.15, 0.2) is 0 Å². The highest BCUT2D eigenvalue weighted by Crippen LogP contribution is 2.47. The Labute approximate surface area is 279 Å². The van der Waals surface area contributed by atoms with Gasteiger partial charge >= 0.3 is 0 Å². The number of nitrogens with one attached hydrogen (secondary N) is 1. The quantitative estimate of drug-likeness (QED) is 0.197. The minimum atomic E-state index is -1.28. The fourth-order valence-electron chi connectivity index (χ4n) is 6.43. The van der Waals surface area contributed by atoms with Crippen molar-refractivity contribution in [1.82, 2.24) is 25.0 Å². The molecule has 0 spiro atoms. The molecule has 0 fully saturated rings. The molecular weight excluding hydrogens is 636 g/mol. The Hall–Kier alpha value is -4.94. The van der Waals surface area contributed by atoms with Crippen molar-refractivity contribution in [2.45, 2.75) is 45.4 Å². The summed E-state index contributed by atoms with van der Waals surface area (Å²) in [6.45, 7) is 9.80. The Balaban J connectivity index is 1.49. The first-order chi connectivity index (χ1) is 22.9. The van der Waals surface area contributed by atoms with Crippen LogP contribution in [0, 0.1) is 11.6 Å². The third-order valence-corrected chi connectivity index (χ3v) is 9.65. The molecule has 2 N–H and O–H groups in total. The van der Waals surface area contributed by atoms with Crippen molar-refractivity contribution in [2.24, 2.45) is 0 Å². The van der Waals surface area contributed by atoms with Crippen molar-refractivity contribution in [2.75, 3.05) is 19.7 Å². The van der Waals surface area contributed by atoms with E-state index in [0.717, 1.165) is 34.3 Å². The largest absolute Gasteiger partial charge is 0.490 e. The lowest BCUT2D eigenvalue weighted by Crippen LogP contribution is -2.40. The molecule has 2 aromatic carbocycles. The van der Waals surface area contributed by atoms with Crippen LogP contribution in [0.1, 0.15) is 48.4 Å². The van der Waals surface area contributed by atoms with E-state index in [-0.39, 0.29) is 35.8 Å². The van der Waals surface area contributed by atoms with Gasteiger partial charge in [0.05, 0.1) is 35.1 Å². The van der Waals surface area contributed by atoms with E-state index < -0.39 is 17.2 Å². The second-order valence-electron chi connectivity index (χ2n) is 12.7. The third-order valence-electron chi connectivity index (χ3n) is 8.72. The summed E-state index contributed by atoms with van der Waals surface area (Å²) in [6, 6.07) is 10.9. The first kappa shape index (κ1) is 31.6. The Morgan fingerprint density at radius 3 is 2.75 bits per heavy atom. The minimum Gasteiger partial charge on any atom is -0.490 e. The fraction of sp³-hybridized carbons (Fsp3) is 0.278. The standard InChI is InChI=1S/C36H33F2N5O4S/c1-5-29(44)42-11-12-43-27(19(42)2)17-26(41-43)33-31(30-25(38)15-22(37)16-28(30)47-18-36(3,4)46)34-24(9-13-48-34)32(40-33)21-6-7-23-20(14-21)8-10-39-35(23)45/h5-7,9,13-17,19,46H,1,8,10-12,18H2,2-4H3,(H,39,45). The van der Waals surface area contributed by atoms with E-state index in [1.807, 2.05) is 41.3 Å². The van der Waals surface area contributed by atoms with Gasteiger partial charge in [0.2, 0.25) is 5.91 Å². The molecule has 2 amide bonds. The lowest BCUT2D eigenvalue weighted by atomic mass is 9.93. The molecule has 12 heteroatoms. The smallest absolute Gasteiger partial charge is 0.251 e. The minimum absolute atomic E-state index is 0.00764. The van der Waals surface area contributed by atoms with E-state index in [4.69, 9.17) is 14.8 Å². The average molecular weight is 670 g/mol. The number of benzene rings is 2. The maximum atomic E-state index is 16.1. The number of fused-ring (bicyclic) bond motifs is 3. The molecule has 2 aliphatic rings. The number of hydrogen-bond donors (Lipinski definition) is 2. The molecule has 3 aromatic heterocycles. The number of hydrogen-bond acceptors (Lipinski definition) is 7. The molecule has 246 valence electrons. The summed E-state index contributed by atoms with van der Waals surface area (Å²) < 4.78 is 39.3. The van der Waals surface area contributed by atoms with E-state index >= 15 is 4.39 Å². The van der Waals surface area contributed by atoms with Crippen molar-refractivity contribution in [3.05, 3.63) is 89.0 Å². The van der Waals surface area contributed by atoms with Crippen LogP contribution in [0.25, 0.3) is 43.9 Å². The van der Waals surface area contributed by atoms with Gasteiger partial charge in [0.1, 0.15) is 35.4 Å². The lowest BCUT2D eigenvalue weighted by Gasteiger charge is -2.33. The number of carbonyl (C=O) groups excluding carboxylic acids is 2. The zero-order valence-electron chi connectivity index (χ0n) is 26.6. The zero-order chi connectivity index (χ0) is 33.9. The van der Waals surface area contributed by atoms with Gasteiger partial charge in [-0.3, -0.25) is 14.3 Å². The van der Waals surface area contributed by atoms with Crippen LogP contribution in [-0.2, 0) is 17.8 Å². The molecule has 9 nitrogen and oxygen atoms in total. The van der Waals surface area contributed by atoms with Gasteiger partial charge < -0.3 is 20.1 Å². The molecule has 5 aromatic rings. The molecule has 0 saturated heterocycles. The molecule has 48 heavy (non-hydrogen) atoms. The summed E-state index contributed by atoms with van der Waals surface area (Å²) in [5.74, 6) is -2.08. The number of amides is 2. The number of halogens is 2. The highest BCUT2D eigenvalue weighted by atomic mass is 32.1. The lowest BCUT2D eigenvalue weighted by molar-refractivity contribution is -0.129. The van der Waals surface area contributed by atoms with Crippen molar-refractivity contribution in [1.29, 1.82) is 0 Å². The van der Waals surface area contributed by atoms with Crippen LogP contribution in [0.4, 0.5) is 8.78 Å². The molecule has 1 atom stereocenters. The molecule has 7 rings (SSSR count). The van der Waals surface area contributed by atoms with Crippen molar-refractivity contribution in [3.8, 4) is 39.5 Å². The Bertz CT molecular complexity index is 2130. The molecule has 1 unspecified atom stereocenters. The van der Waals surface area contributed by atoms with Gasteiger partial charge in [0.25, 0.3) is 5.91 Å². The summed E-state index contributed by atoms with van der Waals surface area (Å²) >= 11 is 1.38. The highest BCUT2D eigenvalue weighted by Gasteiger charge is 2.32. The Morgan fingerprint density at radius 2 is 1.98 bits per heavy atom. The number of pyridine rings is 1. The number of thiophene rings is 1. The van der Waals surface area contributed by atoms with Gasteiger partial charge in [-0.15, -0.1) is 11.3 Å². The summed E-state index contributed by atoms with van der Waals surface area (Å²) in [6.07, 6.45) is 1.95. The Morgan fingerprint density at radius 1 is 1.17 bits per heavy atom. The average Bonchev–Trinajstić information content (AvgIpc) is 3.71. The monoisotopic (exact) mass is 669 g/mol. The van der Waals surface area contributed by atoms with Gasteiger partial charge in [-0.1, -0.05) is 12.6 Å². The van der Waals surface area contributed by atoms with Crippen LogP contribution in [0.5, 0.6) is 5.75 Å². The number of ether oxygens (including phenoxy) is 1. The zero-order valence-corrected chi connectivity index (χ0v) is 27.5. The number of carbonyl (C=O) groups is 2. The topological polar surface area (TPSA) is 110 Å². The van der Waals surface area contributed by atoms with E-state index in [0.29, 0.717) is 59.0 Å². The SMILES string of the molecule is C=CC(=O)N1CCn2nc(-c3nc(-c4ccc5c(c4)CCNC5=O)c4ccsc4c3-c3c(F)cc(F)cc3OCC(C)(C)O)cc2C1C. The van der Waals surface area contributed by atoms with Gasteiger partial charge in [0, 0.05) is 52.0 Å². The first-order valence-electron chi connectivity index (χ1n) is 15.6. The van der Waals surface area contributed by atoms with Gasteiger partial charge in [-0.05, 0) is 68.5 Å². The molecule has 0 bridgehead atoms. The van der Waals surface area contributed by atoms with Gasteiger partial charge in [-0.2, -0.15) is 5.10 Å². The van der Waals surface area contributed by atoms with Crippen molar-refractivity contribution in [3.63, 3.8) is 0 Å². The van der Waals surface area contributed by atoms with Crippen LogP contribution in [0.3, 0.4) is 0 Å². The summed E-state index contributed by atoms with van der Waals surface area (Å²) in [5.41, 5.74) is 3.52. The second-order valence-corrected chi connectivity index (χ2v) is 13.6. The van der Waals surface area contributed by atoms with E-state index in [9.17, 15) is 19.1 Å². The number of aromatic nitrogens is 3. The van der Waals surface area contributed by atoms with E-state index in [1.165, 1.54) is 17.4 Å². The third kappa shape index (κ3) is 5.54. The van der Waals surface area contributed by atoms with Crippen LogP contribution < -0.4 is 10.1 Å². The molecule has 0 aliphatic carbocycles. The predicted molar refractivity (Wildman–Crippen MR) is 180 cm³/mol. The van der Waals surface area contributed by atoms with E-state index in [1.54, 1.807) is 24.8 Å². The number of rotatable bonds is 7. The van der Waals surface area contributed by atoms with Crippen molar-refractivity contribution >= 4 is 33.2 Å². The maximum Gasteiger partial charge on any atom is 0.251 e. The molecular formula is C36H33F2N5O4S. The Kier molecular flexibility index (Phi) is 7.87. The van der Waals surface area contributed by atoms with E-state index in [2.05, 4.69) is 11.9 Å². The summed E-state index contributed by atoms with van der Waals surface area (Å²) in [7, 11) is 0. The first-order valence-corrected chi connectivity index (χ1v) is 16.5. The number of nitrogens with zero attached hydrogens (tertiary/aromatic N) is 4. The fourth-order valence-corrected chi connectivity index (χ4v) is 7.38. The van der Waals surface area contributed by atoms with Crippen LogP contribution in [-0.4, -0.2) is 61.9 Å². The molecule has 2 aliphatic heterocycles. The van der Waals surface area contributed by atoms with Crippen LogP contribution >= 0.6 is 11.3 Å². The number of aliphatic hydroxyl groups is 1. The van der Waals surface area contributed by atoms with Crippen LogP contribution in [0.2, 0.25) is 0 Å². The second kappa shape index (κ2) is 11.9. The molecule has 0 radical (unpaired) electrons. The highest BCUT2D eigenvalue weighted by molar-refractivity contribution is 7.18. The summed E-state index contributed by atoms with van der Waals surface area (Å²) in [4.78, 5) is 32.0. The van der Waals surface area contributed by atoms with Gasteiger partial charge in [-0.25, -0.2) is 13.8 Å². The molecule has 5 heterocycles. The predicted octanol–water partition coefficient (Wildman–Crippen LogP) is 6.30. The molecule has 0 saturated carbocycles. The maximum absolute atomic E-state index is 16.1. The normalized spacial score (nSPS) is 16.0.